The number of hydrogen-bond acceptors (Lipinski definition) is 11. The van der Waals surface area contributed by atoms with E-state index in [9.17, 15) is 18.9 Å². The Morgan fingerprint density at radius 3 is 2.65 bits per heavy atom. The van der Waals surface area contributed by atoms with Gasteiger partial charge in [-0.1, -0.05) is 11.6 Å². The van der Waals surface area contributed by atoms with E-state index < -0.39 is 22.2 Å². The van der Waals surface area contributed by atoms with Gasteiger partial charge in [-0.3, -0.25) is 0 Å². The number of imidazole rings is 1. The van der Waals surface area contributed by atoms with Crippen molar-refractivity contribution in [3.8, 4) is 12.1 Å². The van der Waals surface area contributed by atoms with E-state index in [0.717, 1.165) is 19.1 Å². The molecular weight excluding hydrogens is 520 g/mol. The fourth-order valence-corrected chi connectivity index (χ4v) is 5.29. The highest BCUT2D eigenvalue weighted by Gasteiger charge is 2.36. The first-order valence-corrected chi connectivity index (χ1v) is 13.6. The van der Waals surface area contributed by atoms with Gasteiger partial charge in [-0.05, 0) is 25.0 Å². The van der Waals surface area contributed by atoms with Crippen LogP contribution in [-0.4, -0.2) is 72.6 Å². The monoisotopic (exact) mass is 542 g/mol. The molecule has 2 fully saturated rings. The number of hydrogen-bond donors (Lipinski definition) is 3. The number of nitriles is 2. The molecule has 1 aliphatic carbocycles. The van der Waals surface area contributed by atoms with Crippen LogP contribution in [-0.2, 0) is 14.8 Å². The Morgan fingerprint density at radius 1 is 1.22 bits per heavy atom. The Hall–Kier alpha value is -3.69. The van der Waals surface area contributed by atoms with Gasteiger partial charge in [-0.15, -0.1) is 5.10 Å². The zero-order valence-electron chi connectivity index (χ0n) is 19.9. The van der Waals surface area contributed by atoms with Gasteiger partial charge in [0.1, 0.15) is 6.07 Å². The maximum Gasteiger partial charge on any atom is 0.247 e. The van der Waals surface area contributed by atoms with Gasteiger partial charge < -0.3 is 20.3 Å². The van der Waals surface area contributed by atoms with E-state index in [1.54, 1.807) is 12.1 Å². The highest BCUT2D eigenvalue weighted by Crippen LogP contribution is 2.38. The average molecular weight is 543 g/mol. The van der Waals surface area contributed by atoms with Crippen LogP contribution in [0, 0.1) is 22.7 Å². The molecule has 37 heavy (non-hydrogen) atoms. The highest BCUT2D eigenvalue weighted by molar-refractivity contribution is 7.88. The van der Waals surface area contributed by atoms with Gasteiger partial charge in [-0.25, -0.2) is 18.1 Å². The van der Waals surface area contributed by atoms with Crippen LogP contribution in [0.1, 0.15) is 24.1 Å². The van der Waals surface area contributed by atoms with Crippen LogP contribution in [0.2, 0.25) is 5.02 Å². The fraction of sp³-hybridized carbons (Fsp3) is 0.409. The molecular formula is C22H23ClN10O3S. The zero-order valence-corrected chi connectivity index (χ0v) is 21.5. The molecule has 3 heterocycles. The number of halogens is 1. The van der Waals surface area contributed by atoms with Crippen LogP contribution >= 0.6 is 11.6 Å². The minimum atomic E-state index is -3.46. The molecule has 0 amide bonds. The molecule has 192 valence electrons. The smallest absolute Gasteiger partial charge is 0.247 e. The van der Waals surface area contributed by atoms with Crippen LogP contribution in [0.4, 0.5) is 23.1 Å². The van der Waals surface area contributed by atoms with Gasteiger partial charge in [0.2, 0.25) is 16.0 Å². The van der Waals surface area contributed by atoms with Gasteiger partial charge in [0.15, 0.2) is 17.2 Å². The summed E-state index contributed by atoms with van der Waals surface area (Å²) in [6, 6.07) is 7.18. The maximum absolute atomic E-state index is 11.8. The second kappa shape index (κ2) is 9.64. The SMILES string of the molecule is CO[C@@H]1CN(c2cc(C#N)cc(Nc3nc(NC4CC4)c4ncc(C#N)n4n3)c2Cl)C[C@@H]1NS(C)(=O)=O. The van der Waals surface area contributed by atoms with Gasteiger partial charge in [0.25, 0.3) is 0 Å². The summed E-state index contributed by atoms with van der Waals surface area (Å²) in [7, 11) is -1.95. The first kappa shape index (κ1) is 25.0. The summed E-state index contributed by atoms with van der Waals surface area (Å²) in [5, 5.41) is 30.2. The van der Waals surface area contributed by atoms with E-state index in [0.29, 0.717) is 40.0 Å². The third-order valence-electron chi connectivity index (χ3n) is 6.10. The molecule has 13 nitrogen and oxygen atoms in total. The Bertz CT molecular complexity index is 1560. The number of benzene rings is 1. The lowest BCUT2D eigenvalue weighted by Gasteiger charge is -2.22. The number of sulfonamides is 1. The predicted molar refractivity (Wildman–Crippen MR) is 136 cm³/mol. The van der Waals surface area contributed by atoms with E-state index >= 15 is 0 Å². The molecule has 2 aliphatic rings. The van der Waals surface area contributed by atoms with Crippen molar-refractivity contribution in [3.63, 3.8) is 0 Å². The largest absolute Gasteiger partial charge is 0.378 e. The molecule has 3 N–H and O–H groups in total. The minimum Gasteiger partial charge on any atom is -0.378 e. The molecule has 15 heteroatoms. The van der Waals surface area contributed by atoms with Crippen molar-refractivity contribution >= 4 is 50.4 Å². The van der Waals surface area contributed by atoms with Crippen molar-refractivity contribution in [1.82, 2.24) is 24.3 Å². The van der Waals surface area contributed by atoms with Gasteiger partial charge >= 0.3 is 0 Å². The van der Waals surface area contributed by atoms with Crippen LogP contribution in [0.15, 0.2) is 18.3 Å². The van der Waals surface area contributed by atoms with E-state index in [2.05, 4.69) is 42.6 Å². The number of methoxy groups -OCH3 is 1. The normalized spacial score (nSPS) is 19.5. The topological polar surface area (TPSA) is 173 Å². The second-order valence-electron chi connectivity index (χ2n) is 8.96. The standard InChI is InChI=1S/C22H23ClN10O3S/c1-36-18-11-32(10-16(18)31-37(2,34)35)17-6-12(7-24)5-15(19(17)23)28-22-29-20(27-13-3-4-13)21-26-9-14(8-25)33(21)30-22/h5-6,9,13,16,18,31H,3-4,10-11H2,1-2H3,(H2,27,28,29,30)/t16-,18+/m0/s1. The lowest BCUT2D eigenvalue weighted by atomic mass is 10.1. The zero-order chi connectivity index (χ0) is 26.3. The van der Waals surface area contributed by atoms with Crippen molar-refractivity contribution < 1.29 is 13.2 Å². The number of nitrogens with zero attached hydrogens (tertiary/aromatic N) is 7. The number of rotatable bonds is 8. The maximum atomic E-state index is 11.8. The van der Waals surface area contributed by atoms with E-state index in [1.165, 1.54) is 17.8 Å². The van der Waals surface area contributed by atoms with Crippen LogP contribution in [0.5, 0.6) is 0 Å². The minimum absolute atomic E-state index is 0.154. The summed E-state index contributed by atoms with van der Waals surface area (Å²) in [6.07, 6.45) is 4.12. The Balaban J connectivity index is 1.51. The number of anilines is 4. The predicted octanol–water partition coefficient (Wildman–Crippen LogP) is 1.59. The summed E-state index contributed by atoms with van der Waals surface area (Å²) in [5.41, 5.74) is 1.90. The van der Waals surface area contributed by atoms with E-state index in [4.69, 9.17) is 16.3 Å². The van der Waals surface area contributed by atoms with Crippen molar-refractivity contribution in [3.05, 3.63) is 34.6 Å². The van der Waals surface area contributed by atoms with Crippen molar-refractivity contribution in [2.45, 2.75) is 31.0 Å². The average Bonchev–Trinajstić information content (AvgIpc) is 3.43. The number of nitrogens with one attached hydrogen (secondary N) is 3. The second-order valence-corrected chi connectivity index (χ2v) is 11.1. The Kier molecular flexibility index (Phi) is 6.51. The Labute approximate surface area is 218 Å². The summed E-state index contributed by atoms with van der Waals surface area (Å²) < 4.78 is 33.1. The molecule has 1 aliphatic heterocycles. The molecule has 2 atom stereocenters. The first-order valence-electron chi connectivity index (χ1n) is 11.4. The lowest BCUT2D eigenvalue weighted by molar-refractivity contribution is 0.104. The van der Waals surface area contributed by atoms with Crippen molar-refractivity contribution in [1.29, 1.82) is 10.5 Å². The fourth-order valence-electron chi connectivity index (χ4n) is 4.24. The molecule has 0 spiro atoms. The van der Waals surface area contributed by atoms with Crippen LogP contribution in [0.3, 0.4) is 0 Å². The number of fused-ring (bicyclic) bond motifs is 1. The molecule has 3 aromatic rings. The molecule has 2 aromatic heterocycles. The van der Waals surface area contributed by atoms with Crippen LogP contribution in [0.25, 0.3) is 5.65 Å². The summed E-state index contributed by atoms with van der Waals surface area (Å²) >= 11 is 6.79. The van der Waals surface area contributed by atoms with Gasteiger partial charge in [-0.2, -0.15) is 20.0 Å². The molecule has 1 saturated carbocycles. The highest BCUT2D eigenvalue weighted by atomic mass is 35.5. The van der Waals surface area contributed by atoms with E-state index in [-0.39, 0.29) is 24.2 Å². The van der Waals surface area contributed by atoms with Gasteiger partial charge in [0.05, 0.1) is 52.6 Å². The summed E-state index contributed by atoms with van der Waals surface area (Å²) in [4.78, 5) is 10.7. The molecule has 0 bridgehead atoms. The molecule has 1 saturated heterocycles. The summed E-state index contributed by atoms with van der Waals surface area (Å²) in [5.74, 6) is 0.632. The van der Waals surface area contributed by atoms with Crippen LogP contribution < -0.4 is 20.3 Å². The quantitative estimate of drug-likeness (QED) is 0.377. The number of ether oxygens (including phenoxy) is 1. The Morgan fingerprint density at radius 2 is 2.00 bits per heavy atom. The summed E-state index contributed by atoms with van der Waals surface area (Å²) in [6.45, 7) is 0.647. The third kappa shape index (κ3) is 5.23. The van der Waals surface area contributed by atoms with Crippen molar-refractivity contribution in [2.24, 2.45) is 0 Å². The molecule has 1 aromatic carbocycles. The van der Waals surface area contributed by atoms with Crippen molar-refractivity contribution in [2.75, 3.05) is 42.0 Å². The molecule has 0 radical (unpaired) electrons. The lowest BCUT2D eigenvalue weighted by Crippen LogP contribution is -2.43. The van der Waals surface area contributed by atoms with E-state index in [1.807, 2.05) is 4.90 Å². The molecule has 0 unspecified atom stereocenters. The third-order valence-corrected chi connectivity index (χ3v) is 7.23. The number of aromatic nitrogens is 4. The van der Waals surface area contributed by atoms with Gasteiger partial charge in [0, 0.05) is 26.2 Å². The first-order chi connectivity index (χ1) is 17.7. The molecule has 5 rings (SSSR count).